The van der Waals surface area contributed by atoms with E-state index in [2.05, 4.69) is 98.8 Å². The molecule has 1 atom stereocenters. The van der Waals surface area contributed by atoms with Crippen LogP contribution in [0.15, 0.2) is 73.4 Å². The van der Waals surface area contributed by atoms with E-state index in [9.17, 15) is 0 Å². The van der Waals surface area contributed by atoms with Gasteiger partial charge in [-0.25, -0.2) is 0 Å². The number of hydrogen-bond donors (Lipinski definition) is 0. The SMILES string of the molecule is C=C1[n+]2ccccc2-c2cc(-c3cccc(CC(C)C)c3)ccc2C1(CC)C1CCC1. The van der Waals surface area contributed by atoms with Crippen molar-refractivity contribution in [2.75, 3.05) is 0 Å². The van der Waals surface area contributed by atoms with Gasteiger partial charge in [0, 0.05) is 12.1 Å². The van der Waals surface area contributed by atoms with Gasteiger partial charge in [0.15, 0.2) is 11.9 Å². The van der Waals surface area contributed by atoms with Crippen LogP contribution in [-0.2, 0) is 11.8 Å². The van der Waals surface area contributed by atoms with Gasteiger partial charge in [0.2, 0.25) is 5.69 Å². The first-order valence-corrected chi connectivity index (χ1v) is 12.0. The highest BCUT2D eigenvalue weighted by molar-refractivity contribution is 5.79. The van der Waals surface area contributed by atoms with Crippen molar-refractivity contribution in [2.45, 2.75) is 58.3 Å². The van der Waals surface area contributed by atoms with Crippen molar-refractivity contribution < 1.29 is 4.57 Å². The molecule has 1 nitrogen and oxygen atoms in total. The molecule has 158 valence electrons. The van der Waals surface area contributed by atoms with E-state index in [0.29, 0.717) is 11.8 Å². The number of pyridine rings is 1. The molecular weight excluding hydrogens is 374 g/mol. The highest BCUT2D eigenvalue weighted by Gasteiger charge is 2.53. The second-order valence-corrected chi connectivity index (χ2v) is 9.91. The molecular formula is C30H34N+. The number of aromatic nitrogens is 1. The molecule has 3 aromatic rings. The summed E-state index contributed by atoms with van der Waals surface area (Å²) in [6.07, 6.45) is 8.41. The summed E-state index contributed by atoms with van der Waals surface area (Å²) in [6, 6.07) is 22.9. The lowest BCUT2D eigenvalue weighted by molar-refractivity contribution is -0.578. The molecule has 0 bridgehead atoms. The fraction of sp³-hybridized carbons (Fsp3) is 0.367. The highest BCUT2D eigenvalue weighted by atomic mass is 15.0. The third-order valence-electron chi connectivity index (χ3n) is 7.71. The summed E-state index contributed by atoms with van der Waals surface area (Å²) in [5.74, 6) is 1.37. The fourth-order valence-corrected chi connectivity index (χ4v) is 5.98. The van der Waals surface area contributed by atoms with Crippen molar-refractivity contribution in [2.24, 2.45) is 11.8 Å². The maximum Gasteiger partial charge on any atom is 0.218 e. The summed E-state index contributed by atoms with van der Waals surface area (Å²) in [5.41, 5.74) is 9.49. The van der Waals surface area contributed by atoms with E-state index in [1.165, 1.54) is 58.5 Å². The molecule has 0 saturated heterocycles. The Labute approximate surface area is 187 Å². The van der Waals surface area contributed by atoms with E-state index in [-0.39, 0.29) is 5.41 Å². The zero-order valence-electron chi connectivity index (χ0n) is 19.2. The van der Waals surface area contributed by atoms with Gasteiger partial charge >= 0.3 is 0 Å². The predicted octanol–water partition coefficient (Wildman–Crippen LogP) is 7.44. The van der Waals surface area contributed by atoms with Crippen molar-refractivity contribution in [1.29, 1.82) is 0 Å². The van der Waals surface area contributed by atoms with E-state index in [1.807, 2.05) is 0 Å². The second-order valence-electron chi connectivity index (χ2n) is 9.91. The molecule has 0 spiro atoms. The van der Waals surface area contributed by atoms with E-state index in [0.717, 1.165) is 12.8 Å². The van der Waals surface area contributed by atoms with Crippen LogP contribution in [0.2, 0.25) is 0 Å². The molecule has 0 amide bonds. The van der Waals surface area contributed by atoms with Gasteiger partial charge in [-0.3, -0.25) is 0 Å². The molecule has 1 heteroatoms. The minimum Gasteiger partial charge on any atom is -0.164 e. The first-order valence-electron chi connectivity index (χ1n) is 12.0. The van der Waals surface area contributed by atoms with Crippen molar-refractivity contribution in [3.63, 3.8) is 0 Å². The average molecular weight is 409 g/mol. The normalized spacial score (nSPS) is 20.3. The Morgan fingerprint density at radius 2 is 1.81 bits per heavy atom. The van der Waals surface area contributed by atoms with E-state index >= 15 is 0 Å². The third-order valence-corrected chi connectivity index (χ3v) is 7.71. The molecule has 1 fully saturated rings. The molecule has 0 radical (unpaired) electrons. The molecule has 1 unspecified atom stereocenters. The Balaban J connectivity index is 1.68. The molecule has 31 heavy (non-hydrogen) atoms. The van der Waals surface area contributed by atoms with Crippen LogP contribution in [0, 0.1) is 11.8 Å². The molecule has 2 aliphatic rings. The molecule has 1 aliphatic carbocycles. The minimum atomic E-state index is 0.0463. The maximum absolute atomic E-state index is 4.66. The zero-order chi connectivity index (χ0) is 21.6. The van der Waals surface area contributed by atoms with Crippen molar-refractivity contribution in [3.8, 4) is 22.4 Å². The lowest BCUT2D eigenvalue weighted by Crippen LogP contribution is -2.53. The summed E-state index contributed by atoms with van der Waals surface area (Å²) < 4.78 is 2.36. The highest BCUT2D eigenvalue weighted by Crippen LogP contribution is 2.55. The molecule has 5 rings (SSSR count). The Morgan fingerprint density at radius 3 is 2.52 bits per heavy atom. The minimum absolute atomic E-state index is 0.0463. The molecule has 0 N–H and O–H groups in total. The molecule has 2 heterocycles. The van der Waals surface area contributed by atoms with Crippen LogP contribution in [0.1, 0.15) is 57.6 Å². The summed E-state index contributed by atoms with van der Waals surface area (Å²) in [7, 11) is 0. The number of rotatable bonds is 5. The number of allylic oxidation sites excluding steroid dienone is 1. The molecule has 1 saturated carbocycles. The van der Waals surface area contributed by atoms with Crippen LogP contribution >= 0.6 is 0 Å². The predicted molar refractivity (Wildman–Crippen MR) is 131 cm³/mol. The Kier molecular flexibility index (Phi) is 5.08. The van der Waals surface area contributed by atoms with Gasteiger partial charge in [0.05, 0.1) is 11.0 Å². The summed E-state index contributed by atoms with van der Waals surface area (Å²) in [4.78, 5) is 0. The van der Waals surface area contributed by atoms with Gasteiger partial charge in [-0.2, -0.15) is 4.57 Å². The summed E-state index contributed by atoms with van der Waals surface area (Å²) in [5, 5.41) is 0. The van der Waals surface area contributed by atoms with Gasteiger partial charge in [-0.1, -0.05) is 63.6 Å². The van der Waals surface area contributed by atoms with Crippen molar-refractivity contribution >= 4 is 5.70 Å². The first-order chi connectivity index (χ1) is 15.0. The van der Waals surface area contributed by atoms with E-state index < -0.39 is 0 Å². The maximum atomic E-state index is 4.66. The van der Waals surface area contributed by atoms with E-state index in [1.54, 1.807) is 0 Å². The third kappa shape index (κ3) is 3.17. The van der Waals surface area contributed by atoms with Gasteiger partial charge < -0.3 is 0 Å². The van der Waals surface area contributed by atoms with Crippen LogP contribution in [0.4, 0.5) is 0 Å². The molecule has 2 aromatic carbocycles. The van der Waals surface area contributed by atoms with Crippen LogP contribution in [0.5, 0.6) is 0 Å². The number of hydrogen-bond acceptors (Lipinski definition) is 0. The number of fused-ring (bicyclic) bond motifs is 3. The quantitative estimate of drug-likeness (QED) is 0.386. The van der Waals surface area contributed by atoms with Crippen molar-refractivity contribution in [3.05, 3.63) is 84.6 Å². The standard InChI is InChI=1S/C30H34N/c1-5-30(26-12-9-13-26)22(4)31-17-7-6-14-29(31)27-20-25(15-16-28(27)30)24-11-8-10-23(19-24)18-21(2)3/h6-8,10-11,14-17,19-21,26H,4-5,9,12-13,18H2,1-3H3/q+1. The Bertz CT molecular complexity index is 1130. The average Bonchev–Trinajstić information content (AvgIpc) is 2.74. The largest absolute Gasteiger partial charge is 0.218 e. The number of benzene rings is 2. The number of nitrogens with zero attached hydrogens (tertiary/aromatic N) is 1. The molecule has 1 aromatic heterocycles. The second kappa shape index (κ2) is 7.79. The lowest BCUT2D eigenvalue weighted by atomic mass is 9.57. The Morgan fingerprint density at radius 1 is 1.00 bits per heavy atom. The van der Waals surface area contributed by atoms with Gasteiger partial charge in [-0.05, 0) is 78.5 Å². The van der Waals surface area contributed by atoms with Crippen LogP contribution < -0.4 is 4.57 Å². The van der Waals surface area contributed by atoms with Crippen LogP contribution in [-0.4, -0.2) is 0 Å². The molecule has 1 aliphatic heterocycles. The zero-order valence-corrected chi connectivity index (χ0v) is 19.2. The first kappa shape index (κ1) is 20.2. The van der Waals surface area contributed by atoms with Gasteiger partial charge in [0.25, 0.3) is 0 Å². The lowest BCUT2D eigenvalue weighted by Gasteiger charge is -2.46. The van der Waals surface area contributed by atoms with Gasteiger partial charge in [0.1, 0.15) is 0 Å². The van der Waals surface area contributed by atoms with Crippen LogP contribution in [0.25, 0.3) is 28.1 Å². The van der Waals surface area contributed by atoms with Gasteiger partial charge in [-0.15, -0.1) is 0 Å². The van der Waals surface area contributed by atoms with Crippen LogP contribution in [0.3, 0.4) is 0 Å². The Hall–Kier alpha value is -2.67. The van der Waals surface area contributed by atoms with Crippen molar-refractivity contribution in [1.82, 2.24) is 0 Å². The topological polar surface area (TPSA) is 3.88 Å². The monoisotopic (exact) mass is 408 g/mol. The fourth-order valence-electron chi connectivity index (χ4n) is 5.98. The van der Waals surface area contributed by atoms with E-state index in [4.69, 9.17) is 0 Å². The summed E-state index contributed by atoms with van der Waals surface area (Å²) in [6.45, 7) is 11.6. The smallest absolute Gasteiger partial charge is 0.164 e. The summed E-state index contributed by atoms with van der Waals surface area (Å²) >= 11 is 0.